The molecule has 1 aromatic carbocycles. The smallest absolute Gasteiger partial charge is 0.262 e. The zero-order chi connectivity index (χ0) is 14.9. The molecule has 0 atom stereocenters. The molecule has 108 valence electrons. The number of rotatable bonds is 3. The van der Waals surface area contributed by atoms with E-state index in [1.165, 1.54) is 0 Å². The van der Waals surface area contributed by atoms with E-state index in [0.717, 1.165) is 20.1 Å². The lowest BCUT2D eigenvalue weighted by molar-refractivity contribution is 0.759. The topological polar surface area (TPSA) is 34.9 Å². The lowest BCUT2D eigenvalue weighted by Gasteiger charge is -2.02. The Kier molecular flexibility index (Phi) is 3.36. The van der Waals surface area contributed by atoms with Gasteiger partial charge in [-0.15, -0.1) is 22.7 Å². The van der Waals surface area contributed by atoms with Gasteiger partial charge in [-0.1, -0.05) is 36.4 Å². The first-order valence-electron chi connectivity index (χ1n) is 6.88. The number of benzene rings is 1. The van der Waals surface area contributed by atoms with Crippen molar-refractivity contribution in [3.05, 3.63) is 75.5 Å². The van der Waals surface area contributed by atoms with Crippen molar-refractivity contribution in [2.75, 3.05) is 0 Å². The molecule has 0 aliphatic heterocycles. The largest absolute Gasteiger partial charge is 0.293 e. The van der Waals surface area contributed by atoms with E-state index in [-0.39, 0.29) is 5.56 Å². The molecule has 22 heavy (non-hydrogen) atoms. The van der Waals surface area contributed by atoms with Crippen LogP contribution in [0.15, 0.2) is 65.0 Å². The van der Waals surface area contributed by atoms with Crippen LogP contribution in [-0.4, -0.2) is 9.55 Å². The van der Waals surface area contributed by atoms with E-state index in [1.807, 2.05) is 41.8 Å². The molecular weight excluding hydrogens is 312 g/mol. The summed E-state index contributed by atoms with van der Waals surface area (Å²) < 4.78 is 1.68. The highest BCUT2D eigenvalue weighted by atomic mass is 32.1. The Morgan fingerprint density at radius 1 is 1.09 bits per heavy atom. The zero-order valence-electron chi connectivity index (χ0n) is 11.6. The summed E-state index contributed by atoms with van der Waals surface area (Å²) in [5.41, 5.74) is 1.14. The van der Waals surface area contributed by atoms with Gasteiger partial charge in [0, 0.05) is 9.75 Å². The SMILES string of the molecule is O=c1c2cc(-c3ccccc3)sc2ncn1Cc1cccs1. The third-order valence-electron chi connectivity index (χ3n) is 3.48. The molecule has 0 aliphatic carbocycles. The maximum Gasteiger partial charge on any atom is 0.262 e. The summed E-state index contributed by atoms with van der Waals surface area (Å²) in [4.78, 5) is 20.1. The van der Waals surface area contributed by atoms with Crippen molar-refractivity contribution in [3.63, 3.8) is 0 Å². The molecule has 0 aliphatic rings. The fourth-order valence-corrected chi connectivity index (χ4v) is 4.09. The summed E-state index contributed by atoms with van der Waals surface area (Å²) in [7, 11) is 0. The van der Waals surface area contributed by atoms with E-state index in [1.54, 1.807) is 33.6 Å². The van der Waals surface area contributed by atoms with Crippen LogP contribution in [0.2, 0.25) is 0 Å². The second-order valence-electron chi connectivity index (χ2n) is 4.95. The highest BCUT2D eigenvalue weighted by molar-refractivity contribution is 7.21. The molecule has 0 saturated heterocycles. The van der Waals surface area contributed by atoms with Crippen LogP contribution in [-0.2, 0) is 6.54 Å². The maximum absolute atomic E-state index is 12.6. The van der Waals surface area contributed by atoms with Crippen molar-refractivity contribution in [2.24, 2.45) is 0 Å². The van der Waals surface area contributed by atoms with Crippen molar-refractivity contribution in [3.8, 4) is 10.4 Å². The van der Waals surface area contributed by atoms with Gasteiger partial charge < -0.3 is 0 Å². The van der Waals surface area contributed by atoms with Gasteiger partial charge in [0.2, 0.25) is 0 Å². The van der Waals surface area contributed by atoms with Gasteiger partial charge in [-0.25, -0.2) is 4.98 Å². The summed E-state index contributed by atoms with van der Waals surface area (Å²) in [6, 6.07) is 16.1. The molecule has 0 saturated carbocycles. The fourth-order valence-electron chi connectivity index (χ4n) is 2.39. The van der Waals surface area contributed by atoms with E-state index in [4.69, 9.17) is 0 Å². The Labute approximate surface area is 135 Å². The van der Waals surface area contributed by atoms with Gasteiger partial charge >= 0.3 is 0 Å². The molecule has 5 heteroatoms. The molecule has 0 bridgehead atoms. The van der Waals surface area contributed by atoms with Crippen molar-refractivity contribution in [2.45, 2.75) is 6.54 Å². The Bertz CT molecular complexity index is 969. The molecule has 3 nitrogen and oxygen atoms in total. The van der Waals surface area contributed by atoms with E-state index < -0.39 is 0 Å². The lowest BCUT2D eigenvalue weighted by atomic mass is 10.2. The molecule has 4 aromatic rings. The molecular formula is C17H12N2OS2. The normalized spacial score (nSPS) is 11.1. The molecule has 3 heterocycles. The molecule has 0 amide bonds. The van der Waals surface area contributed by atoms with Gasteiger partial charge in [-0.05, 0) is 23.1 Å². The zero-order valence-corrected chi connectivity index (χ0v) is 13.2. The van der Waals surface area contributed by atoms with Gasteiger partial charge in [0.1, 0.15) is 4.83 Å². The van der Waals surface area contributed by atoms with E-state index in [9.17, 15) is 4.79 Å². The highest BCUT2D eigenvalue weighted by Gasteiger charge is 2.10. The molecule has 4 rings (SSSR count). The van der Waals surface area contributed by atoms with Crippen LogP contribution in [0.1, 0.15) is 4.88 Å². The number of nitrogens with zero attached hydrogens (tertiary/aromatic N) is 2. The van der Waals surface area contributed by atoms with Gasteiger partial charge in [0.25, 0.3) is 5.56 Å². The summed E-state index contributed by atoms with van der Waals surface area (Å²) in [5, 5.41) is 2.72. The predicted octanol–water partition coefficient (Wildman–Crippen LogP) is 4.23. The summed E-state index contributed by atoms with van der Waals surface area (Å²) >= 11 is 3.21. The van der Waals surface area contributed by atoms with Crippen molar-refractivity contribution < 1.29 is 0 Å². The van der Waals surface area contributed by atoms with Crippen LogP contribution in [0.4, 0.5) is 0 Å². The first kappa shape index (κ1) is 13.4. The van der Waals surface area contributed by atoms with Crippen LogP contribution in [0.25, 0.3) is 20.7 Å². The second-order valence-corrected chi connectivity index (χ2v) is 7.02. The minimum Gasteiger partial charge on any atom is -0.293 e. The summed E-state index contributed by atoms with van der Waals surface area (Å²) in [6.45, 7) is 0.579. The van der Waals surface area contributed by atoms with Gasteiger partial charge in [0.05, 0.1) is 18.3 Å². The molecule has 0 unspecified atom stereocenters. The quantitative estimate of drug-likeness (QED) is 0.565. The molecule has 0 spiro atoms. The average molecular weight is 324 g/mol. The summed E-state index contributed by atoms with van der Waals surface area (Å²) in [5.74, 6) is 0. The number of thiophene rings is 2. The van der Waals surface area contributed by atoms with Crippen LogP contribution < -0.4 is 5.56 Å². The van der Waals surface area contributed by atoms with Crippen LogP contribution in [0.3, 0.4) is 0 Å². The van der Waals surface area contributed by atoms with Gasteiger partial charge in [-0.2, -0.15) is 0 Å². The molecule has 0 fully saturated rings. The second kappa shape index (κ2) is 5.51. The Balaban J connectivity index is 1.80. The first-order valence-corrected chi connectivity index (χ1v) is 8.58. The first-order chi connectivity index (χ1) is 10.8. The lowest BCUT2D eigenvalue weighted by Crippen LogP contribution is -2.19. The fraction of sp³-hybridized carbons (Fsp3) is 0.0588. The maximum atomic E-state index is 12.6. The third kappa shape index (κ3) is 2.38. The highest BCUT2D eigenvalue weighted by Crippen LogP contribution is 2.30. The predicted molar refractivity (Wildman–Crippen MR) is 92.7 cm³/mol. The Morgan fingerprint density at radius 2 is 1.95 bits per heavy atom. The Hall–Kier alpha value is -2.24. The van der Waals surface area contributed by atoms with E-state index >= 15 is 0 Å². The Morgan fingerprint density at radius 3 is 2.73 bits per heavy atom. The monoisotopic (exact) mass is 324 g/mol. The van der Waals surface area contributed by atoms with Crippen molar-refractivity contribution in [1.29, 1.82) is 0 Å². The van der Waals surface area contributed by atoms with E-state index in [2.05, 4.69) is 17.1 Å². The van der Waals surface area contributed by atoms with Gasteiger partial charge in [-0.3, -0.25) is 9.36 Å². The van der Waals surface area contributed by atoms with Crippen LogP contribution in [0, 0.1) is 0 Å². The van der Waals surface area contributed by atoms with Gasteiger partial charge in [0.15, 0.2) is 0 Å². The third-order valence-corrected chi connectivity index (χ3v) is 5.44. The van der Waals surface area contributed by atoms with Crippen molar-refractivity contribution >= 4 is 32.9 Å². The number of aromatic nitrogens is 2. The minimum atomic E-state index is 0.0248. The average Bonchev–Trinajstić information content (AvgIpc) is 3.21. The standard InChI is InChI=1S/C17H12N2OS2/c20-17-14-9-15(12-5-2-1-3-6-12)22-16(14)18-11-19(17)10-13-7-4-8-21-13/h1-9,11H,10H2. The molecule has 3 aromatic heterocycles. The minimum absolute atomic E-state index is 0.0248. The van der Waals surface area contributed by atoms with Crippen LogP contribution in [0.5, 0.6) is 0 Å². The molecule has 0 N–H and O–H groups in total. The number of hydrogen-bond donors (Lipinski definition) is 0. The van der Waals surface area contributed by atoms with Crippen LogP contribution >= 0.6 is 22.7 Å². The number of hydrogen-bond acceptors (Lipinski definition) is 4. The van der Waals surface area contributed by atoms with Crippen molar-refractivity contribution in [1.82, 2.24) is 9.55 Å². The summed E-state index contributed by atoms with van der Waals surface area (Å²) in [6.07, 6.45) is 1.65. The molecule has 0 radical (unpaired) electrons. The van der Waals surface area contributed by atoms with E-state index in [0.29, 0.717) is 11.9 Å². The number of fused-ring (bicyclic) bond motifs is 1.